The summed E-state index contributed by atoms with van der Waals surface area (Å²) in [6.45, 7) is 3.93. The minimum Gasteiger partial charge on any atom is -0.496 e. The number of amides is 1. The summed E-state index contributed by atoms with van der Waals surface area (Å²) in [4.78, 5) is 12.7. The van der Waals surface area contributed by atoms with E-state index in [-0.39, 0.29) is 12.5 Å². The van der Waals surface area contributed by atoms with Crippen LogP contribution < -0.4 is 14.8 Å². The van der Waals surface area contributed by atoms with Gasteiger partial charge in [0.2, 0.25) is 5.91 Å². The van der Waals surface area contributed by atoms with Gasteiger partial charge in [0.1, 0.15) is 18.1 Å². The Morgan fingerprint density at radius 3 is 2.51 bits per heavy atom. The van der Waals surface area contributed by atoms with E-state index in [4.69, 9.17) is 9.47 Å². The second-order valence-corrected chi connectivity index (χ2v) is 8.90. The van der Waals surface area contributed by atoms with Crippen molar-refractivity contribution in [1.29, 1.82) is 0 Å². The molecule has 0 bridgehead atoms. The third kappa shape index (κ3) is 7.07. The van der Waals surface area contributed by atoms with Gasteiger partial charge in [0.05, 0.1) is 36.3 Å². The average Bonchev–Trinajstić information content (AvgIpc) is 3.18. The molecule has 4 rings (SSSR count). The van der Waals surface area contributed by atoms with Crippen LogP contribution in [0.2, 0.25) is 0 Å². The summed E-state index contributed by atoms with van der Waals surface area (Å²) in [5.41, 5.74) is 3.07. The number of hydrogen-bond acceptors (Lipinski definition) is 4. The molecule has 0 saturated carbocycles. The summed E-state index contributed by atoms with van der Waals surface area (Å²) in [5, 5.41) is 7.25. The van der Waals surface area contributed by atoms with Crippen molar-refractivity contribution in [1.82, 2.24) is 9.78 Å². The molecular formula is C30H28F3N3O3. The molecule has 0 aliphatic rings. The number of anilines is 1. The number of methoxy groups -OCH3 is 1. The van der Waals surface area contributed by atoms with Gasteiger partial charge in [0.15, 0.2) is 0 Å². The molecule has 1 N–H and O–H groups in total. The van der Waals surface area contributed by atoms with Crippen molar-refractivity contribution in [3.63, 3.8) is 0 Å². The molecule has 0 saturated heterocycles. The zero-order chi connectivity index (χ0) is 28.0. The number of para-hydroxylation sites is 1. The van der Waals surface area contributed by atoms with Gasteiger partial charge in [-0.2, -0.15) is 18.3 Å². The molecule has 9 heteroatoms. The summed E-state index contributed by atoms with van der Waals surface area (Å²) < 4.78 is 52.1. The Kier molecular flexibility index (Phi) is 8.39. The number of carbonyl (C=O) groups excluding carboxylic acids is 1. The first-order valence-corrected chi connectivity index (χ1v) is 12.2. The molecule has 3 aromatic carbocycles. The highest BCUT2D eigenvalue weighted by Crippen LogP contribution is 2.30. The van der Waals surface area contributed by atoms with Gasteiger partial charge in [-0.25, -0.2) is 0 Å². The van der Waals surface area contributed by atoms with Crippen molar-refractivity contribution in [3.8, 4) is 11.5 Å². The second kappa shape index (κ2) is 11.9. The molecular weight excluding hydrogens is 507 g/mol. The number of nitrogens with one attached hydrogen (secondary N) is 1. The SMILES string of the molecule is COc1ccc(/C=C/C(=O)Nc2c(C)nn(Cc3cccc(C(F)(F)F)c3)c2C)cc1COc1ccccc1. The summed E-state index contributed by atoms with van der Waals surface area (Å²) in [6.07, 6.45) is -1.33. The predicted octanol–water partition coefficient (Wildman–Crippen LogP) is 6.81. The quantitative estimate of drug-likeness (QED) is 0.239. The summed E-state index contributed by atoms with van der Waals surface area (Å²) in [7, 11) is 1.59. The summed E-state index contributed by atoms with van der Waals surface area (Å²) >= 11 is 0. The minimum absolute atomic E-state index is 0.141. The fourth-order valence-electron chi connectivity index (χ4n) is 4.08. The maximum atomic E-state index is 13.1. The van der Waals surface area contributed by atoms with Crippen LogP contribution in [0.3, 0.4) is 0 Å². The Bertz CT molecular complexity index is 1480. The van der Waals surface area contributed by atoms with Crippen molar-refractivity contribution in [2.24, 2.45) is 0 Å². The molecule has 202 valence electrons. The van der Waals surface area contributed by atoms with Gasteiger partial charge in [-0.15, -0.1) is 0 Å². The number of benzene rings is 3. The van der Waals surface area contributed by atoms with Crippen LogP contribution in [0, 0.1) is 13.8 Å². The van der Waals surface area contributed by atoms with Crippen LogP contribution in [0.5, 0.6) is 11.5 Å². The largest absolute Gasteiger partial charge is 0.496 e. The average molecular weight is 536 g/mol. The molecule has 0 atom stereocenters. The normalized spacial score (nSPS) is 11.5. The number of halogens is 3. The fraction of sp³-hybridized carbons (Fsp3) is 0.200. The molecule has 6 nitrogen and oxygen atoms in total. The highest BCUT2D eigenvalue weighted by Gasteiger charge is 2.30. The second-order valence-electron chi connectivity index (χ2n) is 8.90. The molecule has 0 aliphatic carbocycles. The van der Waals surface area contributed by atoms with Crippen LogP contribution in [0.25, 0.3) is 6.08 Å². The van der Waals surface area contributed by atoms with Gasteiger partial charge < -0.3 is 14.8 Å². The lowest BCUT2D eigenvalue weighted by Gasteiger charge is -2.11. The lowest BCUT2D eigenvalue weighted by atomic mass is 10.1. The number of nitrogens with zero attached hydrogens (tertiary/aromatic N) is 2. The van der Waals surface area contributed by atoms with Crippen molar-refractivity contribution < 1.29 is 27.4 Å². The molecule has 39 heavy (non-hydrogen) atoms. The standard InChI is InChI=1S/C30H28F3N3O3/c1-20-29(21(2)36(35-20)18-23-8-7-9-25(17-23)30(31,32)33)34-28(37)15-13-22-12-14-27(38-3)24(16-22)19-39-26-10-5-4-6-11-26/h4-17H,18-19H2,1-3H3,(H,34,37)/b15-13+. The van der Waals surface area contributed by atoms with Crippen LogP contribution in [-0.4, -0.2) is 22.8 Å². The van der Waals surface area contributed by atoms with E-state index >= 15 is 0 Å². The van der Waals surface area contributed by atoms with E-state index < -0.39 is 11.7 Å². The Balaban J connectivity index is 1.44. The van der Waals surface area contributed by atoms with Gasteiger partial charge in [-0.05, 0) is 67.4 Å². The van der Waals surface area contributed by atoms with Crippen LogP contribution in [0.15, 0.2) is 78.9 Å². The molecule has 0 radical (unpaired) electrons. The number of aryl methyl sites for hydroxylation is 1. The van der Waals surface area contributed by atoms with Crippen molar-refractivity contribution in [3.05, 3.63) is 113 Å². The molecule has 1 amide bonds. The fourth-order valence-corrected chi connectivity index (χ4v) is 4.08. The van der Waals surface area contributed by atoms with Gasteiger partial charge in [0, 0.05) is 11.6 Å². The molecule has 0 spiro atoms. The van der Waals surface area contributed by atoms with Crippen LogP contribution in [0.4, 0.5) is 18.9 Å². The van der Waals surface area contributed by atoms with Crippen molar-refractivity contribution >= 4 is 17.7 Å². The van der Waals surface area contributed by atoms with Crippen molar-refractivity contribution in [2.45, 2.75) is 33.2 Å². The molecule has 4 aromatic rings. The third-order valence-electron chi connectivity index (χ3n) is 6.09. The Morgan fingerprint density at radius 1 is 1.03 bits per heavy atom. The molecule has 1 aromatic heterocycles. The van der Waals surface area contributed by atoms with Gasteiger partial charge in [0.25, 0.3) is 0 Å². The lowest BCUT2D eigenvalue weighted by Crippen LogP contribution is -2.10. The first-order chi connectivity index (χ1) is 18.6. The molecule has 0 aliphatic heterocycles. The first kappa shape index (κ1) is 27.5. The van der Waals surface area contributed by atoms with E-state index in [1.165, 1.54) is 12.1 Å². The predicted molar refractivity (Wildman–Crippen MR) is 144 cm³/mol. The first-order valence-electron chi connectivity index (χ1n) is 12.2. The topological polar surface area (TPSA) is 65.4 Å². The van der Waals surface area contributed by atoms with E-state index in [0.29, 0.717) is 35.0 Å². The monoisotopic (exact) mass is 535 g/mol. The number of carbonyl (C=O) groups is 1. The molecule has 0 fully saturated rings. The van der Waals surface area contributed by atoms with Crippen molar-refractivity contribution in [2.75, 3.05) is 12.4 Å². The van der Waals surface area contributed by atoms with Gasteiger partial charge >= 0.3 is 6.18 Å². The van der Waals surface area contributed by atoms with E-state index in [0.717, 1.165) is 29.0 Å². The van der Waals surface area contributed by atoms with Gasteiger partial charge in [-0.1, -0.05) is 36.4 Å². The number of hydrogen-bond donors (Lipinski definition) is 1. The number of aromatic nitrogens is 2. The summed E-state index contributed by atoms with van der Waals surface area (Å²) in [6, 6.07) is 20.1. The smallest absolute Gasteiger partial charge is 0.416 e. The summed E-state index contributed by atoms with van der Waals surface area (Å²) in [5.74, 6) is 1.05. The van der Waals surface area contributed by atoms with Crippen LogP contribution in [-0.2, 0) is 24.1 Å². The van der Waals surface area contributed by atoms with Crippen LogP contribution in [0.1, 0.15) is 33.6 Å². The van der Waals surface area contributed by atoms with Crippen LogP contribution >= 0.6 is 0 Å². The minimum atomic E-state index is -4.42. The zero-order valence-corrected chi connectivity index (χ0v) is 21.8. The Morgan fingerprint density at radius 2 is 1.79 bits per heavy atom. The highest BCUT2D eigenvalue weighted by molar-refractivity contribution is 6.02. The van der Waals surface area contributed by atoms with Gasteiger partial charge in [-0.3, -0.25) is 9.48 Å². The maximum absolute atomic E-state index is 13.1. The molecule has 0 unspecified atom stereocenters. The zero-order valence-electron chi connectivity index (χ0n) is 21.8. The number of rotatable bonds is 9. The van der Waals surface area contributed by atoms with E-state index in [1.54, 1.807) is 37.8 Å². The Labute approximate surface area is 224 Å². The number of alkyl halides is 3. The van der Waals surface area contributed by atoms with E-state index in [9.17, 15) is 18.0 Å². The molecule has 1 heterocycles. The maximum Gasteiger partial charge on any atom is 0.416 e. The third-order valence-corrected chi connectivity index (χ3v) is 6.09. The van der Waals surface area contributed by atoms with E-state index in [2.05, 4.69) is 10.4 Å². The number of ether oxygens (including phenoxy) is 2. The Hall–Kier alpha value is -4.53. The lowest BCUT2D eigenvalue weighted by molar-refractivity contribution is -0.137. The van der Waals surface area contributed by atoms with E-state index in [1.807, 2.05) is 48.5 Å². The highest BCUT2D eigenvalue weighted by atomic mass is 19.4.